The maximum absolute atomic E-state index is 12.9. The maximum atomic E-state index is 12.9. The van der Waals surface area contributed by atoms with Crippen LogP contribution in [-0.4, -0.2) is 87.6 Å². The fraction of sp³-hybridized carbons (Fsp3) is 0.765. The zero-order chi connectivity index (χ0) is 18.0. The standard InChI is InChI=1S/C17H29N3O3S2/c1-14(13-18-8-10-23-11-9-18)19-4-6-20(7-5-19)25(21,22)17-12-15(2)24-16(17)3/h12,14H,4-11,13H2,1-3H3. The van der Waals surface area contributed by atoms with Gasteiger partial charge in [-0.25, -0.2) is 8.42 Å². The number of hydrogen-bond acceptors (Lipinski definition) is 6. The summed E-state index contributed by atoms with van der Waals surface area (Å²) < 4.78 is 32.9. The van der Waals surface area contributed by atoms with Crippen LogP contribution in [0.15, 0.2) is 11.0 Å². The summed E-state index contributed by atoms with van der Waals surface area (Å²) in [4.78, 5) is 7.28. The minimum Gasteiger partial charge on any atom is -0.379 e. The van der Waals surface area contributed by atoms with E-state index in [1.165, 1.54) is 0 Å². The van der Waals surface area contributed by atoms with Crippen molar-refractivity contribution in [3.8, 4) is 0 Å². The van der Waals surface area contributed by atoms with Crippen molar-refractivity contribution in [1.82, 2.24) is 14.1 Å². The van der Waals surface area contributed by atoms with Crippen LogP contribution in [0.1, 0.15) is 16.7 Å². The van der Waals surface area contributed by atoms with E-state index in [0.717, 1.165) is 55.7 Å². The van der Waals surface area contributed by atoms with Crippen LogP contribution in [0.4, 0.5) is 0 Å². The van der Waals surface area contributed by atoms with Crippen molar-refractivity contribution in [2.45, 2.75) is 31.7 Å². The molecule has 8 heteroatoms. The average molecular weight is 388 g/mol. The van der Waals surface area contributed by atoms with E-state index in [1.807, 2.05) is 19.9 Å². The predicted molar refractivity (Wildman–Crippen MR) is 101 cm³/mol. The van der Waals surface area contributed by atoms with Gasteiger partial charge in [0.2, 0.25) is 10.0 Å². The fourth-order valence-electron chi connectivity index (χ4n) is 3.66. The number of rotatable bonds is 5. The lowest BCUT2D eigenvalue weighted by Crippen LogP contribution is -2.54. The van der Waals surface area contributed by atoms with Crippen LogP contribution >= 0.6 is 11.3 Å². The Kier molecular flexibility index (Phi) is 6.18. The third-order valence-corrected chi connectivity index (χ3v) is 8.26. The normalized spacial score (nSPS) is 23.0. The van der Waals surface area contributed by atoms with Crippen molar-refractivity contribution in [2.24, 2.45) is 0 Å². The topological polar surface area (TPSA) is 53.1 Å². The molecule has 6 nitrogen and oxygen atoms in total. The third kappa shape index (κ3) is 4.43. The smallest absolute Gasteiger partial charge is 0.244 e. The first-order chi connectivity index (χ1) is 11.9. The van der Waals surface area contributed by atoms with Gasteiger partial charge < -0.3 is 4.74 Å². The molecule has 0 bridgehead atoms. The van der Waals surface area contributed by atoms with Crippen LogP contribution in [0.5, 0.6) is 0 Å². The van der Waals surface area contributed by atoms with Gasteiger partial charge in [-0.2, -0.15) is 4.31 Å². The molecule has 2 saturated heterocycles. The Hall–Kier alpha value is -0.510. The molecule has 0 spiro atoms. The van der Waals surface area contributed by atoms with Gasteiger partial charge in [0.15, 0.2) is 0 Å². The molecule has 1 aromatic heterocycles. The highest BCUT2D eigenvalue weighted by Crippen LogP contribution is 2.28. The second kappa shape index (κ2) is 8.02. The Morgan fingerprint density at radius 3 is 2.32 bits per heavy atom. The van der Waals surface area contributed by atoms with Gasteiger partial charge in [0.25, 0.3) is 0 Å². The zero-order valence-corrected chi connectivity index (χ0v) is 17.0. The first kappa shape index (κ1) is 19.3. The Labute approximate surface area is 155 Å². The Balaban J connectivity index is 1.56. The SMILES string of the molecule is Cc1cc(S(=O)(=O)N2CCN(C(C)CN3CCOCC3)CC2)c(C)s1. The third-order valence-electron chi connectivity index (χ3n) is 5.14. The van der Waals surface area contributed by atoms with E-state index in [9.17, 15) is 8.42 Å². The molecule has 3 rings (SSSR count). The molecule has 2 aliphatic rings. The summed E-state index contributed by atoms with van der Waals surface area (Å²) >= 11 is 1.55. The number of piperazine rings is 1. The number of sulfonamides is 1. The van der Waals surface area contributed by atoms with Gasteiger partial charge in [-0.15, -0.1) is 11.3 Å². The minimum atomic E-state index is -3.36. The molecule has 0 amide bonds. The number of nitrogens with zero attached hydrogens (tertiary/aromatic N) is 3. The van der Waals surface area contributed by atoms with Gasteiger partial charge in [-0.1, -0.05) is 0 Å². The largest absolute Gasteiger partial charge is 0.379 e. The summed E-state index contributed by atoms with van der Waals surface area (Å²) in [5, 5.41) is 0. The minimum absolute atomic E-state index is 0.438. The van der Waals surface area contributed by atoms with Crippen molar-refractivity contribution < 1.29 is 13.2 Å². The van der Waals surface area contributed by atoms with E-state index in [2.05, 4.69) is 16.7 Å². The first-order valence-corrected chi connectivity index (χ1v) is 11.2. The molecule has 2 fully saturated rings. The Bertz CT molecular complexity index is 675. The Morgan fingerprint density at radius 2 is 1.76 bits per heavy atom. The predicted octanol–water partition coefficient (Wildman–Crippen LogP) is 1.39. The molecular weight excluding hydrogens is 358 g/mol. The molecule has 1 aromatic rings. The van der Waals surface area contributed by atoms with E-state index in [0.29, 0.717) is 24.0 Å². The van der Waals surface area contributed by atoms with Crippen molar-refractivity contribution in [1.29, 1.82) is 0 Å². The van der Waals surface area contributed by atoms with Gasteiger partial charge >= 0.3 is 0 Å². The van der Waals surface area contributed by atoms with Gasteiger partial charge in [-0.3, -0.25) is 9.80 Å². The van der Waals surface area contributed by atoms with E-state index in [1.54, 1.807) is 15.6 Å². The molecule has 0 aliphatic carbocycles. The van der Waals surface area contributed by atoms with Crippen LogP contribution < -0.4 is 0 Å². The number of morpholine rings is 1. The fourth-order valence-corrected chi connectivity index (χ4v) is 6.61. The summed E-state index contributed by atoms with van der Waals surface area (Å²) in [5.74, 6) is 0. The van der Waals surface area contributed by atoms with Crippen molar-refractivity contribution in [3.05, 3.63) is 15.8 Å². The second-order valence-corrected chi connectivity index (χ2v) is 10.3. The molecule has 0 radical (unpaired) electrons. The lowest BCUT2D eigenvalue weighted by molar-refractivity contribution is 0.0211. The van der Waals surface area contributed by atoms with Gasteiger partial charge in [0, 0.05) is 61.6 Å². The van der Waals surface area contributed by atoms with E-state index >= 15 is 0 Å². The molecule has 2 aliphatic heterocycles. The zero-order valence-electron chi connectivity index (χ0n) is 15.4. The number of ether oxygens (including phenoxy) is 1. The molecule has 1 unspecified atom stereocenters. The van der Waals surface area contributed by atoms with Crippen molar-refractivity contribution in [2.75, 3.05) is 59.0 Å². The van der Waals surface area contributed by atoms with Gasteiger partial charge in [-0.05, 0) is 26.8 Å². The van der Waals surface area contributed by atoms with Crippen molar-refractivity contribution >= 4 is 21.4 Å². The monoisotopic (exact) mass is 387 g/mol. The molecular formula is C17H29N3O3S2. The molecule has 0 saturated carbocycles. The molecule has 3 heterocycles. The average Bonchev–Trinajstić information content (AvgIpc) is 2.95. The summed E-state index contributed by atoms with van der Waals surface area (Å²) in [6.07, 6.45) is 0. The summed E-state index contributed by atoms with van der Waals surface area (Å²) in [7, 11) is -3.36. The first-order valence-electron chi connectivity index (χ1n) is 8.99. The van der Waals surface area contributed by atoms with Crippen LogP contribution in [0.2, 0.25) is 0 Å². The Morgan fingerprint density at radius 1 is 1.12 bits per heavy atom. The summed E-state index contributed by atoms with van der Waals surface area (Å²) in [6.45, 7) is 13.5. The van der Waals surface area contributed by atoms with Gasteiger partial charge in [0.05, 0.1) is 18.1 Å². The highest BCUT2D eigenvalue weighted by atomic mass is 32.2. The summed E-state index contributed by atoms with van der Waals surface area (Å²) in [6, 6.07) is 2.25. The van der Waals surface area contributed by atoms with E-state index in [-0.39, 0.29) is 0 Å². The number of aryl methyl sites for hydroxylation is 2. The van der Waals surface area contributed by atoms with Crippen LogP contribution in [0.3, 0.4) is 0 Å². The van der Waals surface area contributed by atoms with Crippen LogP contribution in [0.25, 0.3) is 0 Å². The van der Waals surface area contributed by atoms with E-state index in [4.69, 9.17) is 4.74 Å². The molecule has 25 heavy (non-hydrogen) atoms. The van der Waals surface area contributed by atoms with Crippen LogP contribution in [-0.2, 0) is 14.8 Å². The molecule has 142 valence electrons. The highest BCUT2D eigenvalue weighted by Gasteiger charge is 2.32. The number of thiophene rings is 1. The maximum Gasteiger partial charge on any atom is 0.244 e. The lowest BCUT2D eigenvalue weighted by Gasteiger charge is -2.39. The second-order valence-electron chi connectivity index (χ2n) is 6.98. The lowest BCUT2D eigenvalue weighted by atomic mass is 10.2. The molecule has 0 aromatic carbocycles. The van der Waals surface area contributed by atoms with E-state index < -0.39 is 10.0 Å². The molecule has 0 N–H and O–H groups in total. The quantitative estimate of drug-likeness (QED) is 0.764. The van der Waals surface area contributed by atoms with Crippen LogP contribution in [0, 0.1) is 13.8 Å². The van der Waals surface area contributed by atoms with Crippen molar-refractivity contribution in [3.63, 3.8) is 0 Å². The van der Waals surface area contributed by atoms with Gasteiger partial charge in [0.1, 0.15) is 0 Å². The highest BCUT2D eigenvalue weighted by molar-refractivity contribution is 7.89. The summed E-state index contributed by atoms with van der Waals surface area (Å²) in [5.41, 5.74) is 0. The molecule has 1 atom stereocenters. The number of hydrogen-bond donors (Lipinski definition) is 0.